The smallest absolute Gasteiger partial charge is 0.270 e. The van der Waals surface area contributed by atoms with Crippen LogP contribution in [0.5, 0.6) is 0 Å². The predicted molar refractivity (Wildman–Crippen MR) is 106 cm³/mol. The Morgan fingerprint density at radius 3 is 2.54 bits per heavy atom. The fourth-order valence-corrected chi connectivity index (χ4v) is 4.00. The molecule has 24 heavy (non-hydrogen) atoms. The third-order valence-corrected chi connectivity index (χ3v) is 5.27. The van der Waals surface area contributed by atoms with E-state index in [0.29, 0.717) is 20.5 Å². The number of amides is 1. The van der Waals surface area contributed by atoms with Crippen LogP contribution in [0.2, 0.25) is 0 Å². The van der Waals surface area contributed by atoms with E-state index in [2.05, 4.69) is 15.9 Å². The van der Waals surface area contributed by atoms with Gasteiger partial charge in [0.15, 0.2) is 10.1 Å². The summed E-state index contributed by atoms with van der Waals surface area (Å²) >= 11 is 10.0. The number of thioether (sulfide) groups is 1. The number of thiocarbonyl (C=S) groups is 1. The summed E-state index contributed by atoms with van der Waals surface area (Å²) in [5, 5.41) is 0. The maximum absolute atomic E-state index is 12.7. The van der Waals surface area contributed by atoms with Gasteiger partial charge in [-0.25, -0.2) is 0 Å². The number of carbonyl (C=O) groups excluding carboxylic acids is 2. The lowest BCUT2D eigenvalue weighted by atomic mass is 10.1. The highest BCUT2D eigenvalue weighted by Gasteiger charge is 2.33. The Kier molecular flexibility index (Phi) is 4.99. The molecule has 1 amide bonds. The van der Waals surface area contributed by atoms with Gasteiger partial charge in [-0.1, -0.05) is 52.0 Å². The van der Waals surface area contributed by atoms with E-state index in [9.17, 15) is 9.59 Å². The van der Waals surface area contributed by atoms with Gasteiger partial charge in [0.2, 0.25) is 0 Å². The normalized spacial score (nSPS) is 16.1. The zero-order valence-corrected chi connectivity index (χ0v) is 15.9. The van der Waals surface area contributed by atoms with Crippen LogP contribution in [0.25, 0.3) is 6.08 Å². The summed E-state index contributed by atoms with van der Waals surface area (Å²) in [5.41, 5.74) is 2.20. The molecular weight excluding hydrogens is 406 g/mol. The average molecular weight is 418 g/mol. The van der Waals surface area contributed by atoms with Crippen molar-refractivity contribution < 1.29 is 9.59 Å². The van der Waals surface area contributed by atoms with Crippen molar-refractivity contribution >= 4 is 67.7 Å². The molecule has 3 rings (SSSR count). The summed E-state index contributed by atoms with van der Waals surface area (Å²) in [7, 11) is 0. The molecule has 0 aromatic heterocycles. The van der Waals surface area contributed by atoms with Gasteiger partial charge in [-0.2, -0.15) is 0 Å². The van der Waals surface area contributed by atoms with E-state index in [0.717, 1.165) is 10.0 Å². The molecule has 0 spiro atoms. The van der Waals surface area contributed by atoms with Crippen LogP contribution in [0.4, 0.5) is 5.69 Å². The van der Waals surface area contributed by atoms with Gasteiger partial charge in [0.05, 0.1) is 10.6 Å². The molecule has 120 valence electrons. The van der Waals surface area contributed by atoms with Gasteiger partial charge in [-0.05, 0) is 55.0 Å². The first-order valence-electron chi connectivity index (χ1n) is 7.10. The van der Waals surface area contributed by atoms with Crippen molar-refractivity contribution in [3.63, 3.8) is 0 Å². The van der Waals surface area contributed by atoms with Crippen LogP contribution in [0.3, 0.4) is 0 Å². The van der Waals surface area contributed by atoms with Crippen LogP contribution in [0, 0.1) is 0 Å². The molecule has 1 aliphatic heterocycles. The minimum absolute atomic E-state index is 0.0125. The second-order valence-corrected chi connectivity index (χ2v) is 7.77. The van der Waals surface area contributed by atoms with Gasteiger partial charge in [0.25, 0.3) is 5.91 Å². The molecule has 1 saturated heterocycles. The molecule has 0 saturated carbocycles. The van der Waals surface area contributed by atoms with Crippen LogP contribution in [0.15, 0.2) is 57.9 Å². The molecule has 2 aromatic carbocycles. The molecule has 2 aromatic rings. The lowest BCUT2D eigenvalue weighted by Gasteiger charge is -2.14. The average Bonchev–Trinajstić information content (AvgIpc) is 2.81. The number of rotatable bonds is 3. The molecule has 0 N–H and O–H groups in total. The lowest BCUT2D eigenvalue weighted by molar-refractivity contribution is -0.113. The quantitative estimate of drug-likeness (QED) is 0.397. The van der Waals surface area contributed by atoms with Gasteiger partial charge in [-0.3, -0.25) is 14.5 Å². The Labute approximate surface area is 157 Å². The molecule has 1 heterocycles. The first-order chi connectivity index (χ1) is 11.5. The Bertz CT molecular complexity index is 875. The van der Waals surface area contributed by atoms with Crippen molar-refractivity contribution in [2.24, 2.45) is 0 Å². The first-order valence-corrected chi connectivity index (χ1v) is 9.12. The van der Waals surface area contributed by atoms with Crippen molar-refractivity contribution in [1.29, 1.82) is 0 Å². The second kappa shape index (κ2) is 7.01. The fraction of sp³-hybridized carbons (Fsp3) is 0.0556. The minimum atomic E-state index is -0.152. The largest absolute Gasteiger partial charge is 0.295 e. The Morgan fingerprint density at radius 2 is 1.92 bits per heavy atom. The van der Waals surface area contributed by atoms with Crippen LogP contribution in [-0.2, 0) is 4.79 Å². The third kappa shape index (κ3) is 3.50. The van der Waals surface area contributed by atoms with Crippen molar-refractivity contribution in [3.8, 4) is 0 Å². The topological polar surface area (TPSA) is 37.4 Å². The number of halogens is 1. The van der Waals surface area contributed by atoms with Crippen LogP contribution in [-0.4, -0.2) is 16.0 Å². The molecule has 0 atom stereocenters. The van der Waals surface area contributed by atoms with Crippen molar-refractivity contribution in [2.75, 3.05) is 4.90 Å². The van der Waals surface area contributed by atoms with E-state index in [1.165, 1.54) is 23.6 Å². The van der Waals surface area contributed by atoms with Crippen LogP contribution >= 0.6 is 39.9 Å². The highest BCUT2D eigenvalue weighted by atomic mass is 79.9. The summed E-state index contributed by atoms with van der Waals surface area (Å²) in [4.78, 5) is 26.1. The van der Waals surface area contributed by atoms with Gasteiger partial charge in [-0.15, -0.1) is 0 Å². The highest BCUT2D eigenvalue weighted by Crippen LogP contribution is 2.36. The third-order valence-electron chi connectivity index (χ3n) is 3.47. The molecular formula is C18H12BrNO2S2. The summed E-state index contributed by atoms with van der Waals surface area (Å²) in [6.07, 6.45) is 1.83. The molecule has 3 nitrogen and oxygen atoms in total. The first kappa shape index (κ1) is 17.1. The number of hydrogen-bond donors (Lipinski definition) is 0. The highest BCUT2D eigenvalue weighted by molar-refractivity contribution is 9.10. The standard InChI is InChI=1S/C18H12BrNO2S2/c1-11(21)13-5-7-15(8-6-13)20-17(22)16(24-18(20)23)10-12-3-2-4-14(19)9-12/h2-10H,1H3/b16-10-. The second-order valence-electron chi connectivity index (χ2n) is 5.18. The SMILES string of the molecule is CC(=O)c1ccc(N2C(=O)/C(=C/c3cccc(Br)c3)SC2=S)cc1. The number of benzene rings is 2. The van der Waals surface area contributed by atoms with Crippen molar-refractivity contribution in [2.45, 2.75) is 6.92 Å². The van der Waals surface area contributed by atoms with E-state index >= 15 is 0 Å². The molecule has 6 heteroatoms. The van der Waals surface area contributed by atoms with Crippen LogP contribution < -0.4 is 4.90 Å². The number of Topliss-reactive ketones (excluding diaryl/α,β-unsaturated/α-hetero) is 1. The lowest BCUT2D eigenvalue weighted by Crippen LogP contribution is -2.27. The number of hydrogen-bond acceptors (Lipinski definition) is 4. The molecule has 1 aliphatic rings. The fourth-order valence-electron chi connectivity index (χ4n) is 2.28. The summed E-state index contributed by atoms with van der Waals surface area (Å²) in [6.45, 7) is 1.51. The summed E-state index contributed by atoms with van der Waals surface area (Å²) in [5.74, 6) is -0.165. The van der Waals surface area contributed by atoms with Gasteiger partial charge in [0, 0.05) is 10.0 Å². The maximum atomic E-state index is 12.7. The Hall–Kier alpha value is -1.76. The number of carbonyl (C=O) groups is 2. The molecule has 0 unspecified atom stereocenters. The monoisotopic (exact) mass is 417 g/mol. The summed E-state index contributed by atoms with van der Waals surface area (Å²) in [6, 6.07) is 14.6. The zero-order chi connectivity index (χ0) is 17.3. The number of anilines is 1. The van der Waals surface area contributed by atoms with Crippen LogP contribution in [0.1, 0.15) is 22.8 Å². The van der Waals surface area contributed by atoms with Gasteiger partial charge < -0.3 is 0 Å². The van der Waals surface area contributed by atoms with Gasteiger partial charge in [0.1, 0.15) is 0 Å². The number of ketones is 1. The van der Waals surface area contributed by atoms with Crippen molar-refractivity contribution in [1.82, 2.24) is 0 Å². The minimum Gasteiger partial charge on any atom is -0.295 e. The summed E-state index contributed by atoms with van der Waals surface area (Å²) < 4.78 is 1.43. The number of nitrogens with zero attached hydrogens (tertiary/aromatic N) is 1. The predicted octanol–water partition coefficient (Wildman–Crippen LogP) is 5.06. The molecule has 0 radical (unpaired) electrons. The van der Waals surface area contributed by atoms with E-state index in [1.54, 1.807) is 24.3 Å². The van der Waals surface area contributed by atoms with Gasteiger partial charge >= 0.3 is 0 Å². The Balaban J connectivity index is 1.90. The molecule has 1 fully saturated rings. The Morgan fingerprint density at radius 1 is 1.21 bits per heavy atom. The van der Waals surface area contributed by atoms with E-state index in [4.69, 9.17) is 12.2 Å². The van der Waals surface area contributed by atoms with Crippen molar-refractivity contribution in [3.05, 3.63) is 69.0 Å². The maximum Gasteiger partial charge on any atom is 0.270 e. The molecule has 0 bridgehead atoms. The molecule has 0 aliphatic carbocycles. The van der Waals surface area contributed by atoms with E-state index in [-0.39, 0.29) is 11.7 Å². The zero-order valence-electron chi connectivity index (χ0n) is 12.7. The van der Waals surface area contributed by atoms with E-state index < -0.39 is 0 Å². The van der Waals surface area contributed by atoms with E-state index in [1.807, 2.05) is 30.3 Å².